The third kappa shape index (κ3) is 3.16. The number of hydrogen-bond acceptors (Lipinski definition) is 3. The number of hydrogen-bond donors (Lipinski definition) is 1. The lowest BCUT2D eigenvalue weighted by Crippen LogP contribution is -2.50. The summed E-state index contributed by atoms with van der Waals surface area (Å²) in [6.45, 7) is 8.53. The van der Waals surface area contributed by atoms with E-state index in [2.05, 4.69) is 35.8 Å². The number of carbonyl (C=O) groups is 1. The Balaban J connectivity index is 1.89. The van der Waals surface area contributed by atoms with Crippen molar-refractivity contribution in [1.29, 1.82) is 0 Å². The molecule has 3 rings (SSSR count). The number of para-hydroxylation sites is 1. The molecule has 0 amide bonds. The van der Waals surface area contributed by atoms with Gasteiger partial charge in [0.25, 0.3) is 0 Å². The minimum atomic E-state index is -0.690. The Morgan fingerprint density at radius 3 is 2.25 bits per heavy atom. The Bertz CT molecular complexity index is 571. The Morgan fingerprint density at radius 1 is 1.04 bits per heavy atom. The van der Waals surface area contributed by atoms with Crippen molar-refractivity contribution in [1.82, 2.24) is 4.90 Å². The number of anilines is 1. The van der Waals surface area contributed by atoms with E-state index < -0.39 is 11.4 Å². The van der Waals surface area contributed by atoms with Gasteiger partial charge >= 0.3 is 5.97 Å². The van der Waals surface area contributed by atoms with Crippen LogP contribution >= 0.6 is 0 Å². The highest BCUT2D eigenvalue weighted by molar-refractivity contribution is 5.84. The summed E-state index contributed by atoms with van der Waals surface area (Å²) in [4.78, 5) is 17.1. The maximum Gasteiger partial charge on any atom is 0.314 e. The van der Waals surface area contributed by atoms with Crippen LogP contribution in [0, 0.1) is 0 Å². The van der Waals surface area contributed by atoms with Crippen LogP contribution in [-0.2, 0) is 10.2 Å². The first-order chi connectivity index (χ1) is 11.5. The summed E-state index contributed by atoms with van der Waals surface area (Å²) in [7, 11) is 0. The number of nitrogens with zero attached hydrogens (tertiary/aromatic N) is 2. The minimum Gasteiger partial charge on any atom is -0.481 e. The Hall–Kier alpha value is -1.55. The van der Waals surface area contributed by atoms with Gasteiger partial charge in [0.2, 0.25) is 0 Å². The minimum absolute atomic E-state index is 0.575. The van der Waals surface area contributed by atoms with Crippen LogP contribution in [0.3, 0.4) is 0 Å². The predicted molar refractivity (Wildman–Crippen MR) is 97.8 cm³/mol. The summed E-state index contributed by atoms with van der Waals surface area (Å²) in [5.74, 6) is -0.643. The second-order valence-corrected chi connectivity index (χ2v) is 7.58. The third-order valence-electron chi connectivity index (χ3n) is 5.92. The number of piperazine rings is 1. The number of carboxylic acids is 1. The molecule has 1 heterocycles. The lowest BCUT2D eigenvalue weighted by Gasteiger charge is -2.41. The van der Waals surface area contributed by atoms with Gasteiger partial charge < -0.3 is 10.0 Å². The summed E-state index contributed by atoms with van der Waals surface area (Å²) in [6, 6.07) is 8.81. The van der Waals surface area contributed by atoms with E-state index in [9.17, 15) is 9.90 Å². The molecule has 4 nitrogen and oxygen atoms in total. The van der Waals surface area contributed by atoms with E-state index in [1.807, 2.05) is 12.1 Å². The second kappa shape index (κ2) is 7.14. The van der Waals surface area contributed by atoms with E-state index in [4.69, 9.17) is 0 Å². The molecule has 2 aliphatic rings. The fourth-order valence-corrected chi connectivity index (χ4v) is 4.39. The maximum atomic E-state index is 12.2. The molecule has 1 aromatic carbocycles. The van der Waals surface area contributed by atoms with Gasteiger partial charge in [-0.05, 0) is 38.3 Å². The van der Waals surface area contributed by atoms with Crippen LogP contribution in [0.5, 0.6) is 0 Å². The Morgan fingerprint density at radius 2 is 1.67 bits per heavy atom. The van der Waals surface area contributed by atoms with Gasteiger partial charge in [0.15, 0.2) is 0 Å². The average Bonchev–Trinajstić information content (AvgIpc) is 2.62. The summed E-state index contributed by atoms with van der Waals surface area (Å²) in [5, 5.41) is 10.1. The van der Waals surface area contributed by atoms with Crippen LogP contribution in [0.15, 0.2) is 24.3 Å². The predicted octanol–water partition coefficient (Wildman–Crippen LogP) is 3.50. The van der Waals surface area contributed by atoms with Crippen molar-refractivity contribution >= 4 is 11.7 Å². The van der Waals surface area contributed by atoms with Crippen molar-refractivity contribution in [3.05, 3.63) is 29.8 Å². The van der Waals surface area contributed by atoms with E-state index in [0.29, 0.717) is 6.04 Å². The fourth-order valence-electron chi connectivity index (χ4n) is 4.39. The lowest BCUT2D eigenvalue weighted by atomic mass is 9.69. The van der Waals surface area contributed by atoms with Crippen molar-refractivity contribution in [3.8, 4) is 0 Å². The van der Waals surface area contributed by atoms with E-state index in [0.717, 1.165) is 69.5 Å². The molecule has 0 bridgehead atoms. The molecular weight excluding hydrogens is 300 g/mol. The molecule has 0 unspecified atom stereocenters. The molecule has 0 atom stereocenters. The van der Waals surface area contributed by atoms with E-state index in [1.165, 1.54) is 0 Å². The summed E-state index contributed by atoms with van der Waals surface area (Å²) < 4.78 is 0. The van der Waals surface area contributed by atoms with Crippen molar-refractivity contribution in [2.24, 2.45) is 0 Å². The topological polar surface area (TPSA) is 43.8 Å². The summed E-state index contributed by atoms with van der Waals surface area (Å²) in [5.41, 5.74) is 1.49. The molecule has 0 radical (unpaired) electrons. The number of carboxylic acid groups (broad SMARTS) is 1. The normalized spacial score (nSPS) is 21.9. The average molecular weight is 330 g/mol. The molecule has 1 aliphatic heterocycles. The Labute approximate surface area is 145 Å². The molecular formula is C20H30N2O2. The largest absolute Gasteiger partial charge is 0.481 e. The number of benzene rings is 1. The first kappa shape index (κ1) is 17.3. The second-order valence-electron chi connectivity index (χ2n) is 7.58. The van der Waals surface area contributed by atoms with Crippen LogP contribution in [0.4, 0.5) is 5.69 Å². The molecule has 1 aromatic rings. The highest BCUT2D eigenvalue weighted by atomic mass is 16.4. The fraction of sp³-hybridized carbons (Fsp3) is 0.650. The molecule has 1 aliphatic carbocycles. The van der Waals surface area contributed by atoms with Gasteiger partial charge in [-0.25, -0.2) is 0 Å². The molecule has 24 heavy (non-hydrogen) atoms. The van der Waals surface area contributed by atoms with Gasteiger partial charge in [0.05, 0.1) is 5.41 Å². The molecule has 0 aromatic heterocycles. The van der Waals surface area contributed by atoms with Crippen molar-refractivity contribution in [3.63, 3.8) is 0 Å². The van der Waals surface area contributed by atoms with Gasteiger partial charge in [-0.3, -0.25) is 9.69 Å². The third-order valence-corrected chi connectivity index (χ3v) is 5.92. The number of rotatable bonds is 4. The van der Waals surface area contributed by atoms with E-state index in [1.54, 1.807) is 0 Å². The summed E-state index contributed by atoms with van der Waals surface area (Å²) >= 11 is 0. The first-order valence-corrected chi connectivity index (χ1v) is 9.36. The van der Waals surface area contributed by atoms with Gasteiger partial charge in [-0.2, -0.15) is 0 Å². The zero-order valence-electron chi connectivity index (χ0n) is 15.0. The van der Waals surface area contributed by atoms with Crippen LogP contribution in [-0.4, -0.2) is 48.2 Å². The standard InChI is InChI=1S/C20H30N2O2/c1-16(2)21-12-14-22(15-13-21)18-9-5-4-8-17(18)20(19(23)24)10-6-3-7-11-20/h4-5,8-9,16H,3,6-7,10-15H2,1-2H3,(H,23,24). The molecule has 132 valence electrons. The van der Waals surface area contributed by atoms with E-state index in [-0.39, 0.29) is 0 Å². The highest BCUT2D eigenvalue weighted by Gasteiger charge is 2.43. The smallest absolute Gasteiger partial charge is 0.314 e. The van der Waals surface area contributed by atoms with Gasteiger partial charge in [-0.1, -0.05) is 37.5 Å². The molecule has 0 spiro atoms. The van der Waals surface area contributed by atoms with Gasteiger partial charge in [0.1, 0.15) is 0 Å². The molecule has 1 N–H and O–H groups in total. The van der Waals surface area contributed by atoms with Crippen LogP contribution in [0.1, 0.15) is 51.5 Å². The van der Waals surface area contributed by atoms with Crippen LogP contribution < -0.4 is 4.90 Å². The quantitative estimate of drug-likeness (QED) is 0.917. The maximum absolute atomic E-state index is 12.2. The molecule has 1 saturated heterocycles. The van der Waals surface area contributed by atoms with Crippen molar-refractivity contribution in [2.45, 2.75) is 57.4 Å². The highest BCUT2D eigenvalue weighted by Crippen LogP contribution is 2.43. The zero-order valence-corrected chi connectivity index (χ0v) is 15.0. The van der Waals surface area contributed by atoms with Crippen LogP contribution in [0.25, 0.3) is 0 Å². The summed E-state index contributed by atoms with van der Waals surface area (Å²) in [6.07, 6.45) is 4.73. The van der Waals surface area contributed by atoms with E-state index >= 15 is 0 Å². The van der Waals surface area contributed by atoms with Gasteiger partial charge in [-0.15, -0.1) is 0 Å². The molecule has 2 fully saturated rings. The first-order valence-electron chi connectivity index (χ1n) is 9.36. The van der Waals surface area contributed by atoms with Crippen molar-refractivity contribution < 1.29 is 9.90 Å². The Kier molecular flexibility index (Phi) is 5.14. The number of aliphatic carboxylic acids is 1. The SMILES string of the molecule is CC(C)N1CCN(c2ccccc2C2(C(=O)O)CCCCC2)CC1. The molecule has 1 saturated carbocycles. The van der Waals surface area contributed by atoms with Gasteiger partial charge in [0, 0.05) is 37.9 Å². The zero-order chi connectivity index (χ0) is 17.2. The molecule has 4 heteroatoms. The van der Waals surface area contributed by atoms with Crippen LogP contribution in [0.2, 0.25) is 0 Å². The lowest BCUT2D eigenvalue weighted by molar-refractivity contribution is -0.145. The monoisotopic (exact) mass is 330 g/mol. The van der Waals surface area contributed by atoms with Crippen molar-refractivity contribution in [2.75, 3.05) is 31.1 Å².